The molecule has 7 nitrogen and oxygen atoms in total. The molecule has 0 aliphatic heterocycles. The maximum absolute atomic E-state index is 11.9. The molecular weight excluding hydrogens is 276 g/mol. The lowest BCUT2D eigenvalue weighted by Gasteiger charge is -2.19. The summed E-state index contributed by atoms with van der Waals surface area (Å²) < 4.78 is 0. The zero-order valence-electron chi connectivity index (χ0n) is 11.2. The van der Waals surface area contributed by atoms with Crippen molar-refractivity contribution in [1.29, 1.82) is 0 Å². The number of rotatable bonds is 3. The Hall–Kier alpha value is -2.57. The predicted molar refractivity (Wildman–Crippen MR) is 72.5 cm³/mol. The Morgan fingerprint density at radius 3 is 2.71 bits per heavy atom. The molecule has 2 amide bonds. The summed E-state index contributed by atoms with van der Waals surface area (Å²) in [6.45, 7) is 0. The molecule has 0 bridgehead atoms. The second-order valence-corrected chi connectivity index (χ2v) is 4.89. The standard InChI is InChI=1S/C14H14N2O5/c17-12-7-2-1-6-11(12)14(19)15-13(18)9-4-3-5-10(8-9)16(20)21/h3-5,8,11H,1-2,6-7H2,(H,15,18,19)/t11-/m0/s1. The number of hydrogen-bond acceptors (Lipinski definition) is 5. The number of benzene rings is 1. The highest BCUT2D eigenvalue weighted by Gasteiger charge is 2.30. The molecule has 0 unspecified atom stereocenters. The SMILES string of the molecule is O=C(NC(=O)[C@H]1CCCCC1=O)c1cccc([N+](=O)[O-])c1. The number of nitro groups is 1. The monoisotopic (exact) mass is 290 g/mol. The molecule has 0 saturated heterocycles. The molecule has 21 heavy (non-hydrogen) atoms. The molecule has 0 aromatic heterocycles. The highest BCUT2D eigenvalue weighted by Crippen LogP contribution is 2.21. The molecule has 7 heteroatoms. The summed E-state index contributed by atoms with van der Waals surface area (Å²) in [6.07, 6.45) is 2.33. The molecule has 1 atom stereocenters. The maximum atomic E-state index is 11.9. The minimum Gasteiger partial charge on any atom is -0.299 e. The van der Waals surface area contributed by atoms with Crippen LogP contribution in [0.3, 0.4) is 0 Å². The van der Waals surface area contributed by atoms with Gasteiger partial charge in [-0.05, 0) is 18.9 Å². The lowest BCUT2D eigenvalue weighted by Crippen LogP contribution is -2.40. The number of nitrogens with zero attached hydrogens (tertiary/aromatic N) is 1. The topological polar surface area (TPSA) is 106 Å². The highest BCUT2D eigenvalue weighted by molar-refractivity contribution is 6.11. The third-order valence-electron chi connectivity index (χ3n) is 3.43. The zero-order valence-corrected chi connectivity index (χ0v) is 11.2. The van der Waals surface area contributed by atoms with E-state index in [1.54, 1.807) is 0 Å². The van der Waals surface area contributed by atoms with Gasteiger partial charge < -0.3 is 0 Å². The number of carbonyl (C=O) groups excluding carboxylic acids is 3. The van der Waals surface area contributed by atoms with Gasteiger partial charge in [0.15, 0.2) is 0 Å². The van der Waals surface area contributed by atoms with Crippen LogP contribution in [0.25, 0.3) is 0 Å². The van der Waals surface area contributed by atoms with Crippen molar-refractivity contribution in [2.45, 2.75) is 25.7 Å². The molecule has 1 aliphatic rings. The van der Waals surface area contributed by atoms with Crippen LogP contribution >= 0.6 is 0 Å². The Morgan fingerprint density at radius 2 is 2.05 bits per heavy atom. The van der Waals surface area contributed by atoms with Gasteiger partial charge in [-0.25, -0.2) is 0 Å². The van der Waals surface area contributed by atoms with Crippen molar-refractivity contribution in [3.8, 4) is 0 Å². The van der Waals surface area contributed by atoms with E-state index in [2.05, 4.69) is 5.32 Å². The smallest absolute Gasteiger partial charge is 0.270 e. The first kappa shape index (κ1) is 14.8. The van der Waals surface area contributed by atoms with Crippen molar-refractivity contribution in [3.63, 3.8) is 0 Å². The molecule has 0 radical (unpaired) electrons. The molecule has 1 fully saturated rings. The first-order valence-corrected chi connectivity index (χ1v) is 6.61. The third-order valence-corrected chi connectivity index (χ3v) is 3.43. The minimum absolute atomic E-state index is 0.0146. The number of ketones is 1. The number of nitro benzene ring substituents is 1. The van der Waals surface area contributed by atoms with E-state index >= 15 is 0 Å². The van der Waals surface area contributed by atoms with E-state index in [-0.39, 0.29) is 17.0 Å². The summed E-state index contributed by atoms with van der Waals surface area (Å²) in [7, 11) is 0. The van der Waals surface area contributed by atoms with Gasteiger partial charge in [0.25, 0.3) is 11.6 Å². The van der Waals surface area contributed by atoms with Crippen molar-refractivity contribution >= 4 is 23.3 Å². The summed E-state index contributed by atoms with van der Waals surface area (Å²) in [6, 6.07) is 5.08. The second-order valence-electron chi connectivity index (χ2n) is 4.89. The van der Waals surface area contributed by atoms with Crippen LogP contribution in [-0.4, -0.2) is 22.5 Å². The van der Waals surface area contributed by atoms with Crippen LogP contribution in [0.1, 0.15) is 36.0 Å². The summed E-state index contributed by atoms with van der Waals surface area (Å²) >= 11 is 0. The summed E-state index contributed by atoms with van der Waals surface area (Å²) in [4.78, 5) is 45.5. The molecule has 0 spiro atoms. The average molecular weight is 290 g/mol. The van der Waals surface area contributed by atoms with Gasteiger partial charge in [0, 0.05) is 24.1 Å². The fourth-order valence-corrected chi connectivity index (χ4v) is 2.29. The summed E-state index contributed by atoms with van der Waals surface area (Å²) in [5, 5.41) is 12.8. The third kappa shape index (κ3) is 3.50. The Morgan fingerprint density at radius 1 is 1.29 bits per heavy atom. The fraction of sp³-hybridized carbons (Fsp3) is 0.357. The van der Waals surface area contributed by atoms with E-state index in [1.807, 2.05) is 0 Å². The van der Waals surface area contributed by atoms with Gasteiger partial charge >= 0.3 is 0 Å². The summed E-state index contributed by atoms with van der Waals surface area (Å²) in [5.74, 6) is -2.31. The quantitative estimate of drug-likeness (QED) is 0.394. The van der Waals surface area contributed by atoms with E-state index in [1.165, 1.54) is 18.2 Å². The number of carbonyl (C=O) groups is 3. The highest BCUT2D eigenvalue weighted by atomic mass is 16.6. The Kier molecular flexibility index (Phi) is 4.42. The van der Waals surface area contributed by atoms with Crippen LogP contribution in [0.4, 0.5) is 5.69 Å². The van der Waals surface area contributed by atoms with Crippen LogP contribution in [0.5, 0.6) is 0 Å². The Balaban J connectivity index is 2.07. The van der Waals surface area contributed by atoms with E-state index in [0.717, 1.165) is 18.9 Å². The average Bonchev–Trinajstić information content (AvgIpc) is 2.47. The van der Waals surface area contributed by atoms with Gasteiger partial charge in [-0.1, -0.05) is 12.5 Å². The summed E-state index contributed by atoms with van der Waals surface area (Å²) in [5.41, 5.74) is -0.218. The zero-order chi connectivity index (χ0) is 15.4. The molecule has 1 aromatic rings. The lowest BCUT2D eigenvalue weighted by molar-refractivity contribution is -0.384. The molecule has 0 heterocycles. The minimum atomic E-state index is -0.790. The number of hydrogen-bond donors (Lipinski definition) is 1. The van der Waals surface area contributed by atoms with Gasteiger partial charge in [0.1, 0.15) is 5.78 Å². The van der Waals surface area contributed by atoms with Gasteiger partial charge in [-0.2, -0.15) is 0 Å². The Labute approximate surface area is 120 Å². The van der Waals surface area contributed by atoms with Gasteiger partial charge in [0.2, 0.25) is 5.91 Å². The van der Waals surface area contributed by atoms with Crippen LogP contribution in [-0.2, 0) is 9.59 Å². The molecule has 110 valence electrons. The largest absolute Gasteiger partial charge is 0.299 e. The van der Waals surface area contributed by atoms with E-state index < -0.39 is 22.7 Å². The molecule has 2 rings (SSSR count). The predicted octanol–water partition coefficient (Wildman–Crippen LogP) is 1.61. The van der Waals surface area contributed by atoms with Crippen molar-refractivity contribution in [2.24, 2.45) is 5.92 Å². The first-order valence-electron chi connectivity index (χ1n) is 6.61. The van der Waals surface area contributed by atoms with E-state index in [9.17, 15) is 24.5 Å². The number of Topliss-reactive ketones (excluding diaryl/α,β-unsaturated/α-hetero) is 1. The molecule has 1 N–H and O–H groups in total. The second kappa shape index (κ2) is 6.25. The first-order chi connectivity index (χ1) is 9.99. The lowest BCUT2D eigenvalue weighted by atomic mass is 9.87. The number of non-ortho nitro benzene ring substituents is 1. The fourth-order valence-electron chi connectivity index (χ4n) is 2.29. The normalized spacial score (nSPS) is 18.1. The van der Waals surface area contributed by atoms with E-state index in [4.69, 9.17) is 0 Å². The van der Waals surface area contributed by atoms with Crippen LogP contribution < -0.4 is 5.32 Å². The number of amides is 2. The van der Waals surface area contributed by atoms with Crippen LogP contribution in [0.2, 0.25) is 0 Å². The molecule has 1 saturated carbocycles. The molecular formula is C14H14N2O5. The van der Waals surface area contributed by atoms with Crippen molar-refractivity contribution in [3.05, 3.63) is 39.9 Å². The van der Waals surface area contributed by atoms with Gasteiger partial charge in [-0.3, -0.25) is 29.8 Å². The molecule has 1 aliphatic carbocycles. The van der Waals surface area contributed by atoms with E-state index in [0.29, 0.717) is 12.8 Å². The van der Waals surface area contributed by atoms with Crippen LogP contribution in [0, 0.1) is 16.0 Å². The van der Waals surface area contributed by atoms with Crippen molar-refractivity contribution in [1.82, 2.24) is 5.32 Å². The number of imide groups is 1. The number of nitrogens with one attached hydrogen (secondary N) is 1. The van der Waals surface area contributed by atoms with Gasteiger partial charge in [0.05, 0.1) is 10.8 Å². The molecule has 1 aromatic carbocycles. The van der Waals surface area contributed by atoms with Crippen LogP contribution in [0.15, 0.2) is 24.3 Å². The van der Waals surface area contributed by atoms with Gasteiger partial charge in [-0.15, -0.1) is 0 Å². The Bertz CT molecular complexity index is 611. The maximum Gasteiger partial charge on any atom is 0.270 e. The van der Waals surface area contributed by atoms with Crippen molar-refractivity contribution < 1.29 is 19.3 Å². The van der Waals surface area contributed by atoms with Crippen molar-refractivity contribution in [2.75, 3.05) is 0 Å².